The van der Waals surface area contributed by atoms with E-state index in [9.17, 15) is 27.6 Å². The highest BCUT2D eigenvalue weighted by Gasteiger charge is 2.31. The first-order chi connectivity index (χ1) is 15.5. The van der Waals surface area contributed by atoms with Crippen LogP contribution in [0, 0.1) is 0 Å². The molecular weight excluding hydrogens is 496 g/mol. The molecule has 4 N–H and O–H groups in total. The molecule has 0 saturated heterocycles. The third kappa shape index (κ3) is 8.51. The third-order valence-electron chi connectivity index (χ3n) is 4.92. The number of anilines is 2. The van der Waals surface area contributed by atoms with E-state index in [1.165, 1.54) is 29.2 Å². The number of benzene rings is 2. The lowest BCUT2D eigenvalue weighted by atomic mass is 10.1. The lowest BCUT2D eigenvalue weighted by Crippen LogP contribution is -3.12. The van der Waals surface area contributed by atoms with Crippen molar-refractivity contribution >= 4 is 40.7 Å². The van der Waals surface area contributed by atoms with Crippen LogP contribution in [0.1, 0.15) is 29.8 Å². The molecule has 0 bridgehead atoms. The molecule has 0 aliphatic rings. The van der Waals surface area contributed by atoms with Crippen LogP contribution < -0.4 is 33.3 Å². The summed E-state index contributed by atoms with van der Waals surface area (Å²) in [6.07, 6.45) is -4.58. The maximum absolute atomic E-state index is 12.9. The molecule has 0 unspecified atom stereocenters. The Morgan fingerprint density at radius 3 is 2.12 bits per heavy atom. The fraction of sp³-hybridized carbons (Fsp3) is 0.318. The van der Waals surface area contributed by atoms with E-state index in [-0.39, 0.29) is 34.4 Å². The lowest BCUT2D eigenvalue weighted by molar-refractivity contribution is -0.895. The van der Waals surface area contributed by atoms with Gasteiger partial charge < -0.3 is 33.3 Å². The van der Waals surface area contributed by atoms with Gasteiger partial charge in [-0.05, 0) is 56.3 Å². The second kappa shape index (κ2) is 13.2. The Morgan fingerprint density at radius 1 is 0.941 bits per heavy atom. The summed E-state index contributed by atoms with van der Waals surface area (Å²) >= 11 is 5.89. The first kappa shape index (κ1) is 29.2. The minimum Gasteiger partial charge on any atom is -1.00 e. The highest BCUT2D eigenvalue weighted by molar-refractivity contribution is 6.39. The number of nitrogens with one attached hydrogen (secondary N) is 4. The van der Waals surface area contributed by atoms with E-state index in [2.05, 4.69) is 16.0 Å². The molecule has 0 fully saturated rings. The van der Waals surface area contributed by atoms with Crippen LogP contribution >= 0.6 is 11.6 Å². The Labute approximate surface area is 206 Å². The van der Waals surface area contributed by atoms with E-state index in [1.54, 1.807) is 0 Å². The average Bonchev–Trinajstić information content (AvgIpc) is 2.77. The van der Waals surface area contributed by atoms with E-state index >= 15 is 0 Å². The summed E-state index contributed by atoms with van der Waals surface area (Å²) in [5, 5.41) is 7.26. The fourth-order valence-corrected chi connectivity index (χ4v) is 3.09. The number of halogens is 5. The van der Waals surface area contributed by atoms with Crippen LogP contribution in [-0.4, -0.2) is 43.9 Å². The van der Waals surface area contributed by atoms with Crippen molar-refractivity contribution in [3.05, 3.63) is 58.6 Å². The molecule has 2 rings (SSSR count). The van der Waals surface area contributed by atoms with Crippen molar-refractivity contribution < 1.29 is 44.9 Å². The van der Waals surface area contributed by atoms with Crippen molar-refractivity contribution in [2.45, 2.75) is 20.0 Å². The van der Waals surface area contributed by atoms with Crippen molar-refractivity contribution in [3.8, 4) is 0 Å². The maximum Gasteiger partial charge on any atom is 0.416 e. The fourth-order valence-electron chi connectivity index (χ4n) is 2.92. The van der Waals surface area contributed by atoms with Gasteiger partial charge in [0.15, 0.2) is 0 Å². The van der Waals surface area contributed by atoms with E-state index in [0.29, 0.717) is 13.1 Å². The molecule has 0 aromatic heterocycles. The molecule has 0 radical (unpaired) electrons. The molecule has 12 heteroatoms. The lowest BCUT2D eigenvalue weighted by Gasteiger charge is -2.15. The number of rotatable bonds is 8. The van der Waals surface area contributed by atoms with E-state index < -0.39 is 29.5 Å². The quantitative estimate of drug-likeness (QED) is 0.357. The highest BCUT2D eigenvalue weighted by atomic mass is 35.5. The first-order valence-electron chi connectivity index (χ1n) is 10.3. The van der Waals surface area contributed by atoms with Gasteiger partial charge in [-0.2, -0.15) is 13.2 Å². The zero-order valence-electron chi connectivity index (χ0n) is 18.5. The number of amides is 3. The minimum absolute atomic E-state index is 0. The van der Waals surface area contributed by atoms with Gasteiger partial charge in [0.05, 0.1) is 42.5 Å². The summed E-state index contributed by atoms with van der Waals surface area (Å²) in [4.78, 5) is 37.6. The molecule has 7 nitrogen and oxygen atoms in total. The summed E-state index contributed by atoms with van der Waals surface area (Å²) in [5.41, 5.74) is -0.736. The minimum atomic E-state index is -4.58. The largest absolute Gasteiger partial charge is 1.00 e. The number of carbonyl (C=O) groups excluding carboxylic acids is 3. The molecule has 186 valence electrons. The molecule has 3 amide bonds. The van der Waals surface area contributed by atoms with Crippen molar-refractivity contribution in [1.29, 1.82) is 0 Å². The monoisotopic (exact) mass is 520 g/mol. The summed E-state index contributed by atoms with van der Waals surface area (Å²) < 4.78 is 38.6. The molecule has 2 aromatic rings. The van der Waals surface area contributed by atoms with E-state index in [4.69, 9.17) is 11.6 Å². The topological polar surface area (TPSA) is 91.7 Å². The molecule has 0 spiro atoms. The van der Waals surface area contributed by atoms with Crippen molar-refractivity contribution in [2.75, 3.05) is 36.8 Å². The second-order valence-corrected chi connectivity index (χ2v) is 7.55. The second-order valence-electron chi connectivity index (χ2n) is 7.14. The number of likely N-dealkylation sites (N-methyl/N-ethyl adjacent to an activating group) is 1. The Hall–Kier alpha value is -2.82. The van der Waals surface area contributed by atoms with Crippen molar-refractivity contribution in [2.24, 2.45) is 0 Å². The molecule has 34 heavy (non-hydrogen) atoms. The highest BCUT2D eigenvalue weighted by Crippen LogP contribution is 2.34. The zero-order chi connectivity index (χ0) is 24.6. The molecule has 2 aromatic carbocycles. The van der Waals surface area contributed by atoms with Gasteiger partial charge in [0, 0.05) is 11.3 Å². The molecule has 0 aliphatic heterocycles. The normalized spacial score (nSPS) is 10.9. The summed E-state index contributed by atoms with van der Waals surface area (Å²) in [6, 6.07) is 8.11. The van der Waals surface area contributed by atoms with Crippen molar-refractivity contribution in [3.63, 3.8) is 0 Å². The zero-order valence-corrected chi connectivity index (χ0v) is 20.0. The van der Waals surface area contributed by atoms with Crippen LogP contribution in [0.5, 0.6) is 0 Å². The van der Waals surface area contributed by atoms with E-state index in [0.717, 1.165) is 31.3 Å². The molecule has 0 aliphatic carbocycles. The third-order valence-corrected chi connectivity index (χ3v) is 5.25. The molecule has 0 saturated carbocycles. The molecule has 0 heterocycles. The summed E-state index contributed by atoms with van der Waals surface area (Å²) in [7, 11) is 0. The van der Waals surface area contributed by atoms with Crippen LogP contribution in [0.3, 0.4) is 0 Å². The van der Waals surface area contributed by atoms with Gasteiger partial charge in [0.25, 0.3) is 5.91 Å². The standard InChI is InChI=1S/C22H24ClF3N4O3.ClH/c1-3-30(4-2)12-11-27-20(32)21(33)28-16-8-5-14(6-9-16)19(31)29-18-13-15(22(24,25)26)7-10-17(18)23;/h5-10,13H,3-4,11-12H2,1-2H3,(H,27,32)(H,28,33)(H,29,31);1H. The number of hydrogen-bond acceptors (Lipinski definition) is 3. The van der Waals surface area contributed by atoms with Gasteiger partial charge in [0.1, 0.15) is 0 Å². The number of hydrogen-bond donors (Lipinski definition) is 4. The molecular formula is C22H25Cl2F3N4O3. The van der Waals surface area contributed by atoms with Gasteiger partial charge >= 0.3 is 18.0 Å². The average molecular weight is 521 g/mol. The first-order valence-corrected chi connectivity index (χ1v) is 10.6. The van der Waals surface area contributed by atoms with Gasteiger partial charge in [-0.25, -0.2) is 0 Å². The van der Waals surface area contributed by atoms with Crippen LogP contribution in [0.25, 0.3) is 0 Å². The predicted molar refractivity (Wildman–Crippen MR) is 119 cm³/mol. The van der Waals surface area contributed by atoms with Gasteiger partial charge in [-0.3, -0.25) is 14.4 Å². The number of alkyl halides is 3. The number of quaternary nitrogens is 1. The van der Waals surface area contributed by atoms with Gasteiger partial charge in [0.2, 0.25) is 0 Å². The van der Waals surface area contributed by atoms with Crippen LogP contribution in [0.15, 0.2) is 42.5 Å². The summed E-state index contributed by atoms with van der Waals surface area (Å²) in [6.45, 7) is 6.96. The van der Waals surface area contributed by atoms with Crippen molar-refractivity contribution in [1.82, 2.24) is 5.32 Å². The van der Waals surface area contributed by atoms with Crippen LogP contribution in [0.2, 0.25) is 5.02 Å². The smallest absolute Gasteiger partial charge is 0.416 e. The number of carbonyl (C=O) groups is 3. The molecule has 0 atom stereocenters. The predicted octanol–water partition coefficient (Wildman–Crippen LogP) is -0.405. The van der Waals surface area contributed by atoms with Gasteiger partial charge in [-0.1, -0.05) is 11.6 Å². The summed E-state index contributed by atoms with van der Waals surface area (Å²) in [5.74, 6) is -2.31. The Morgan fingerprint density at radius 2 is 1.56 bits per heavy atom. The van der Waals surface area contributed by atoms with Crippen LogP contribution in [-0.2, 0) is 15.8 Å². The van der Waals surface area contributed by atoms with Crippen LogP contribution in [0.4, 0.5) is 24.5 Å². The Kier molecular flexibility index (Phi) is 11.3. The Bertz CT molecular complexity index is 998. The Balaban J connectivity index is 0.00000578. The SMILES string of the molecule is CC[NH+](CC)CCNC(=O)C(=O)Nc1ccc(C(=O)Nc2cc(C(F)(F)F)ccc2Cl)cc1.[Cl-]. The van der Waals surface area contributed by atoms with Gasteiger partial charge in [-0.15, -0.1) is 0 Å². The maximum atomic E-state index is 12.9. The van der Waals surface area contributed by atoms with E-state index in [1.807, 2.05) is 13.8 Å².